The van der Waals surface area contributed by atoms with E-state index in [-0.39, 0.29) is 5.92 Å². The molecule has 0 aromatic heterocycles. The fourth-order valence-electron chi connectivity index (χ4n) is 2.64. The molecule has 0 spiro atoms. The largest absolute Gasteiger partial charge is 0.497 e. The first-order chi connectivity index (χ1) is 10.6. The lowest BCUT2D eigenvalue weighted by Crippen LogP contribution is -2.19. The van der Waals surface area contributed by atoms with Gasteiger partial charge in [0.05, 0.1) is 20.1 Å². The molecule has 4 nitrogen and oxygen atoms in total. The number of carboxylic acid groups (broad SMARTS) is 1. The highest BCUT2D eigenvalue weighted by molar-refractivity contribution is 5.79. The first-order valence-corrected chi connectivity index (χ1v) is 7.08. The molecule has 1 N–H and O–H groups in total. The van der Waals surface area contributed by atoms with E-state index < -0.39 is 11.9 Å². The van der Waals surface area contributed by atoms with Gasteiger partial charge in [-0.2, -0.15) is 0 Å². The SMILES string of the molecule is COc1ccc(C(C(=O)O)C(C)c2ccccc2)c(OC)c1. The highest BCUT2D eigenvalue weighted by Gasteiger charge is 2.30. The molecule has 0 aliphatic heterocycles. The number of carboxylic acids is 1. The number of aliphatic carboxylic acids is 1. The van der Waals surface area contributed by atoms with E-state index in [1.54, 1.807) is 25.3 Å². The second-order valence-corrected chi connectivity index (χ2v) is 5.12. The van der Waals surface area contributed by atoms with Crippen molar-refractivity contribution >= 4 is 5.97 Å². The Bertz CT molecular complexity index is 637. The summed E-state index contributed by atoms with van der Waals surface area (Å²) in [7, 11) is 3.10. The Morgan fingerprint density at radius 2 is 1.73 bits per heavy atom. The summed E-state index contributed by atoms with van der Waals surface area (Å²) < 4.78 is 10.5. The van der Waals surface area contributed by atoms with Gasteiger partial charge in [-0.05, 0) is 17.5 Å². The molecule has 0 bridgehead atoms. The lowest BCUT2D eigenvalue weighted by molar-refractivity contribution is -0.139. The number of methoxy groups -OCH3 is 2. The summed E-state index contributed by atoms with van der Waals surface area (Å²) in [5.74, 6) is -0.587. The summed E-state index contributed by atoms with van der Waals surface area (Å²) in [6.07, 6.45) is 0. The summed E-state index contributed by atoms with van der Waals surface area (Å²) in [5.41, 5.74) is 1.62. The topological polar surface area (TPSA) is 55.8 Å². The number of carbonyl (C=O) groups is 1. The summed E-state index contributed by atoms with van der Waals surface area (Å²) in [6.45, 7) is 1.91. The van der Waals surface area contributed by atoms with Gasteiger partial charge in [0.25, 0.3) is 0 Å². The smallest absolute Gasteiger partial charge is 0.311 e. The summed E-state index contributed by atoms with van der Waals surface area (Å²) in [4.78, 5) is 11.9. The highest BCUT2D eigenvalue weighted by Crippen LogP contribution is 2.39. The van der Waals surface area contributed by atoms with Crippen molar-refractivity contribution in [1.29, 1.82) is 0 Å². The molecular weight excluding hydrogens is 280 g/mol. The van der Waals surface area contributed by atoms with Crippen LogP contribution in [-0.2, 0) is 4.79 Å². The van der Waals surface area contributed by atoms with E-state index in [0.717, 1.165) is 5.56 Å². The standard InChI is InChI=1S/C18H20O4/c1-12(13-7-5-4-6-8-13)17(18(19)20)15-10-9-14(21-2)11-16(15)22-3/h4-12,17H,1-3H3,(H,19,20). The lowest BCUT2D eigenvalue weighted by atomic mass is 9.82. The van der Waals surface area contributed by atoms with E-state index >= 15 is 0 Å². The molecule has 2 unspecified atom stereocenters. The van der Waals surface area contributed by atoms with E-state index in [0.29, 0.717) is 17.1 Å². The van der Waals surface area contributed by atoms with Crippen LogP contribution in [0.4, 0.5) is 0 Å². The molecule has 0 saturated heterocycles. The molecule has 0 aliphatic rings. The minimum atomic E-state index is -0.875. The fourth-order valence-corrected chi connectivity index (χ4v) is 2.64. The van der Waals surface area contributed by atoms with E-state index in [4.69, 9.17) is 9.47 Å². The Balaban J connectivity index is 2.46. The Kier molecular flexibility index (Phi) is 5.04. The van der Waals surface area contributed by atoms with E-state index in [2.05, 4.69) is 0 Å². The summed E-state index contributed by atoms with van der Waals surface area (Å²) in [6, 6.07) is 14.9. The molecule has 2 aromatic rings. The van der Waals surface area contributed by atoms with Crippen LogP contribution in [0.5, 0.6) is 11.5 Å². The van der Waals surface area contributed by atoms with Crippen LogP contribution in [0.15, 0.2) is 48.5 Å². The zero-order chi connectivity index (χ0) is 16.1. The van der Waals surface area contributed by atoms with Gasteiger partial charge in [0.15, 0.2) is 0 Å². The highest BCUT2D eigenvalue weighted by atomic mass is 16.5. The predicted octanol–water partition coefficient (Wildman–Crippen LogP) is 3.68. The van der Waals surface area contributed by atoms with Crippen LogP contribution < -0.4 is 9.47 Å². The minimum absolute atomic E-state index is 0.180. The number of hydrogen-bond acceptors (Lipinski definition) is 3. The van der Waals surface area contributed by atoms with Crippen LogP contribution in [0, 0.1) is 0 Å². The van der Waals surface area contributed by atoms with Crippen molar-refractivity contribution in [2.45, 2.75) is 18.8 Å². The van der Waals surface area contributed by atoms with Crippen LogP contribution in [0.25, 0.3) is 0 Å². The van der Waals surface area contributed by atoms with Crippen LogP contribution in [0.1, 0.15) is 29.9 Å². The molecule has 2 aromatic carbocycles. The third-order valence-electron chi connectivity index (χ3n) is 3.87. The number of hydrogen-bond donors (Lipinski definition) is 1. The normalized spacial score (nSPS) is 13.2. The molecular formula is C18H20O4. The van der Waals surface area contributed by atoms with Gasteiger partial charge < -0.3 is 14.6 Å². The average molecular weight is 300 g/mol. The predicted molar refractivity (Wildman–Crippen MR) is 84.8 cm³/mol. The molecule has 116 valence electrons. The Morgan fingerprint density at radius 1 is 1.05 bits per heavy atom. The maximum Gasteiger partial charge on any atom is 0.311 e. The van der Waals surface area contributed by atoms with Crippen molar-refractivity contribution in [1.82, 2.24) is 0 Å². The quantitative estimate of drug-likeness (QED) is 0.884. The average Bonchev–Trinajstić information content (AvgIpc) is 2.55. The van der Waals surface area contributed by atoms with Crippen LogP contribution in [-0.4, -0.2) is 25.3 Å². The fraction of sp³-hybridized carbons (Fsp3) is 0.278. The van der Waals surface area contributed by atoms with E-state index in [9.17, 15) is 9.90 Å². The molecule has 0 fully saturated rings. The molecule has 0 saturated carbocycles. The second kappa shape index (κ2) is 6.98. The molecule has 0 heterocycles. The number of rotatable bonds is 6. The number of benzene rings is 2. The van der Waals surface area contributed by atoms with Crippen molar-refractivity contribution in [2.24, 2.45) is 0 Å². The van der Waals surface area contributed by atoms with Crippen molar-refractivity contribution in [2.75, 3.05) is 14.2 Å². The Labute approximate surface area is 130 Å². The Hall–Kier alpha value is -2.49. The van der Waals surface area contributed by atoms with Gasteiger partial charge in [0.1, 0.15) is 11.5 Å². The summed E-state index contributed by atoms with van der Waals surface area (Å²) >= 11 is 0. The van der Waals surface area contributed by atoms with Crippen LogP contribution >= 0.6 is 0 Å². The van der Waals surface area contributed by atoms with Gasteiger partial charge in [0, 0.05) is 11.6 Å². The van der Waals surface area contributed by atoms with E-state index in [1.165, 1.54) is 7.11 Å². The molecule has 22 heavy (non-hydrogen) atoms. The Morgan fingerprint density at radius 3 is 2.27 bits per heavy atom. The maximum atomic E-state index is 11.9. The van der Waals surface area contributed by atoms with Crippen LogP contribution in [0.3, 0.4) is 0 Å². The molecule has 2 atom stereocenters. The molecule has 4 heteroatoms. The van der Waals surface area contributed by atoms with Crippen molar-refractivity contribution in [3.05, 3.63) is 59.7 Å². The number of ether oxygens (including phenoxy) is 2. The van der Waals surface area contributed by atoms with Gasteiger partial charge >= 0.3 is 5.97 Å². The van der Waals surface area contributed by atoms with Gasteiger partial charge in [-0.15, -0.1) is 0 Å². The van der Waals surface area contributed by atoms with Gasteiger partial charge in [0.2, 0.25) is 0 Å². The van der Waals surface area contributed by atoms with Gasteiger partial charge in [-0.3, -0.25) is 4.79 Å². The minimum Gasteiger partial charge on any atom is -0.497 e. The van der Waals surface area contributed by atoms with Crippen molar-refractivity contribution < 1.29 is 19.4 Å². The first kappa shape index (κ1) is 15.9. The molecule has 0 radical (unpaired) electrons. The van der Waals surface area contributed by atoms with E-state index in [1.807, 2.05) is 37.3 Å². The molecule has 0 amide bonds. The molecule has 0 aliphatic carbocycles. The monoisotopic (exact) mass is 300 g/mol. The van der Waals surface area contributed by atoms with Crippen molar-refractivity contribution in [3.8, 4) is 11.5 Å². The first-order valence-electron chi connectivity index (χ1n) is 7.08. The summed E-state index contributed by atoms with van der Waals surface area (Å²) in [5, 5.41) is 9.72. The second-order valence-electron chi connectivity index (χ2n) is 5.12. The third-order valence-corrected chi connectivity index (χ3v) is 3.87. The van der Waals surface area contributed by atoms with Crippen LogP contribution in [0.2, 0.25) is 0 Å². The zero-order valence-electron chi connectivity index (χ0n) is 12.9. The van der Waals surface area contributed by atoms with Gasteiger partial charge in [-0.25, -0.2) is 0 Å². The maximum absolute atomic E-state index is 11.9. The molecule has 2 rings (SSSR count). The zero-order valence-corrected chi connectivity index (χ0v) is 12.9. The lowest BCUT2D eigenvalue weighted by Gasteiger charge is -2.23. The van der Waals surface area contributed by atoms with Gasteiger partial charge in [-0.1, -0.05) is 43.3 Å². The third kappa shape index (κ3) is 3.22. The van der Waals surface area contributed by atoms with Crippen molar-refractivity contribution in [3.63, 3.8) is 0 Å².